The molecular weight excluding hydrogens is 451 g/mol. The van der Waals surface area contributed by atoms with Crippen molar-refractivity contribution in [2.45, 2.75) is 38.7 Å². The van der Waals surface area contributed by atoms with Crippen LogP contribution in [0.4, 0.5) is 13.2 Å². The fourth-order valence-corrected chi connectivity index (χ4v) is 4.05. The van der Waals surface area contributed by atoms with E-state index in [0.29, 0.717) is 17.9 Å². The maximum absolute atomic E-state index is 12.5. The van der Waals surface area contributed by atoms with Crippen molar-refractivity contribution in [2.24, 2.45) is 0 Å². The van der Waals surface area contributed by atoms with E-state index >= 15 is 0 Å². The van der Waals surface area contributed by atoms with Gasteiger partial charge in [-0.3, -0.25) is 19.2 Å². The van der Waals surface area contributed by atoms with Gasteiger partial charge in [-0.05, 0) is 49.6 Å². The number of halogens is 3. The molecule has 34 heavy (non-hydrogen) atoms. The van der Waals surface area contributed by atoms with Gasteiger partial charge >= 0.3 is 12.1 Å². The van der Waals surface area contributed by atoms with E-state index in [1.807, 2.05) is 18.2 Å². The number of alkyl halides is 3. The summed E-state index contributed by atoms with van der Waals surface area (Å²) in [5.41, 5.74) is 0.758. The zero-order valence-corrected chi connectivity index (χ0v) is 18.5. The van der Waals surface area contributed by atoms with Gasteiger partial charge in [-0.15, -0.1) is 13.2 Å². The molecule has 4 rings (SSSR count). The van der Waals surface area contributed by atoms with Gasteiger partial charge in [0.1, 0.15) is 17.2 Å². The number of nitrogens with one attached hydrogen (secondary N) is 1. The van der Waals surface area contributed by atoms with Crippen LogP contribution in [0.25, 0.3) is 0 Å². The van der Waals surface area contributed by atoms with E-state index in [9.17, 15) is 22.8 Å². The Labute approximate surface area is 193 Å². The molecule has 0 bridgehead atoms. The summed E-state index contributed by atoms with van der Waals surface area (Å²) in [6.07, 6.45) is -1.60. The number of piperidine rings is 1. The van der Waals surface area contributed by atoms with Gasteiger partial charge in [-0.25, -0.2) is 4.79 Å². The van der Waals surface area contributed by atoms with Gasteiger partial charge in [0, 0.05) is 43.5 Å². The van der Waals surface area contributed by atoms with Gasteiger partial charge in [0.05, 0.1) is 0 Å². The average Bonchev–Trinajstić information content (AvgIpc) is 2.76. The number of aryl methyl sites for hydroxylation is 1. The van der Waals surface area contributed by atoms with Crippen LogP contribution in [-0.2, 0) is 6.54 Å². The van der Waals surface area contributed by atoms with Crippen LogP contribution >= 0.6 is 0 Å². The average molecular weight is 475 g/mol. The highest BCUT2D eigenvalue weighted by Gasteiger charge is 2.31. The van der Waals surface area contributed by atoms with E-state index in [-0.39, 0.29) is 28.8 Å². The Morgan fingerprint density at radius 3 is 2.35 bits per heavy atom. The van der Waals surface area contributed by atoms with Crippen molar-refractivity contribution in [1.29, 1.82) is 0 Å². The molecule has 10 heteroatoms. The van der Waals surface area contributed by atoms with Crippen LogP contribution in [0.5, 0.6) is 17.2 Å². The molecule has 1 aliphatic rings. The van der Waals surface area contributed by atoms with Crippen LogP contribution in [0.2, 0.25) is 0 Å². The van der Waals surface area contributed by atoms with Crippen LogP contribution in [0.1, 0.15) is 30.0 Å². The van der Waals surface area contributed by atoms with Crippen LogP contribution in [0, 0.1) is 6.92 Å². The third kappa shape index (κ3) is 6.07. The Kier molecular flexibility index (Phi) is 6.78. The lowest BCUT2D eigenvalue weighted by Crippen LogP contribution is -2.39. The number of aromatic amines is 1. The Hall–Kier alpha value is -3.53. The van der Waals surface area contributed by atoms with Crippen molar-refractivity contribution in [3.05, 3.63) is 86.7 Å². The molecule has 1 aromatic heterocycles. The van der Waals surface area contributed by atoms with Gasteiger partial charge in [-0.2, -0.15) is 0 Å². The minimum absolute atomic E-state index is 0.0279. The predicted molar refractivity (Wildman–Crippen MR) is 119 cm³/mol. The Morgan fingerprint density at radius 2 is 1.65 bits per heavy atom. The number of hydrogen-bond donors (Lipinski definition) is 1. The summed E-state index contributed by atoms with van der Waals surface area (Å²) in [5, 5.41) is 0. The summed E-state index contributed by atoms with van der Waals surface area (Å²) in [6, 6.07) is 12.8. The molecule has 2 aromatic carbocycles. The number of nitrogens with zero attached hydrogens (tertiary/aromatic N) is 2. The minimum atomic E-state index is -4.77. The lowest BCUT2D eigenvalue weighted by molar-refractivity contribution is -0.274. The zero-order chi connectivity index (χ0) is 24.3. The highest BCUT2D eigenvalue weighted by atomic mass is 19.4. The molecule has 180 valence electrons. The minimum Gasteiger partial charge on any atom is -0.457 e. The van der Waals surface area contributed by atoms with Gasteiger partial charge < -0.3 is 9.47 Å². The Bertz CT molecular complexity index is 1260. The van der Waals surface area contributed by atoms with Gasteiger partial charge in [-0.1, -0.05) is 18.2 Å². The van der Waals surface area contributed by atoms with Crippen molar-refractivity contribution in [3.8, 4) is 17.2 Å². The van der Waals surface area contributed by atoms with Crippen molar-refractivity contribution in [1.82, 2.24) is 14.5 Å². The molecule has 3 aromatic rings. The molecule has 7 nitrogen and oxygen atoms in total. The third-order valence-corrected chi connectivity index (χ3v) is 5.68. The number of ether oxygens (including phenoxy) is 2. The predicted octanol–water partition coefficient (Wildman–Crippen LogP) is 4.37. The summed E-state index contributed by atoms with van der Waals surface area (Å²) < 4.78 is 48.6. The second-order valence-corrected chi connectivity index (χ2v) is 8.26. The molecule has 0 saturated carbocycles. The van der Waals surface area contributed by atoms with Crippen LogP contribution in [0.15, 0.2) is 64.3 Å². The molecule has 1 saturated heterocycles. The Morgan fingerprint density at radius 1 is 1.00 bits per heavy atom. The number of likely N-dealkylation sites (tertiary alicyclic amines) is 1. The molecule has 0 radical (unpaired) electrons. The molecule has 0 unspecified atom stereocenters. The molecule has 0 spiro atoms. The van der Waals surface area contributed by atoms with Crippen LogP contribution < -0.4 is 20.7 Å². The maximum atomic E-state index is 12.5. The first-order valence-corrected chi connectivity index (χ1v) is 10.8. The zero-order valence-electron chi connectivity index (χ0n) is 18.5. The fourth-order valence-electron chi connectivity index (χ4n) is 4.05. The standard InChI is InChI=1S/C24H24F3N3O4/c1-16-14-30(23(32)28-22(16)31)18-8-10-29(11-9-18)15-17-4-2-5-19(12-17)33-20-6-3-7-21(13-20)34-24(25,26)27/h2-7,12-14,18H,8-11,15H2,1H3,(H,28,31,32). The summed E-state index contributed by atoms with van der Waals surface area (Å²) >= 11 is 0. The van der Waals surface area contributed by atoms with Crippen molar-refractivity contribution < 1.29 is 22.6 Å². The first-order chi connectivity index (χ1) is 16.2. The van der Waals surface area contributed by atoms with E-state index in [1.165, 1.54) is 18.2 Å². The lowest BCUT2D eigenvalue weighted by atomic mass is 10.0. The first-order valence-electron chi connectivity index (χ1n) is 10.8. The molecule has 0 aliphatic carbocycles. The smallest absolute Gasteiger partial charge is 0.457 e. The number of benzene rings is 2. The molecule has 1 fully saturated rings. The molecule has 1 N–H and O–H groups in total. The number of H-pyrrole nitrogens is 1. The highest BCUT2D eigenvalue weighted by Crippen LogP contribution is 2.30. The second kappa shape index (κ2) is 9.76. The fraction of sp³-hybridized carbons (Fsp3) is 0.333. The van der Waals surface area contributed by atoms with Gasteiger partial charge in [0.2, 0.25) is 0 Å². The second-order valence-electron chi connectivity index (χ2n) is 8.26. The van der Waals surface area contributed by atoms with Crippen LogP contribution in [0.3, 0.4) is 0 Å². The van der Waals surface area contributed by atoms with E-state index in [0.717, 1.165) is 31.5 Å². The van der Waals surface area contributed by atoms with E-state index in [4.69, 9.17) is 4.74 Å². The van der Waals surface area contributed by atoms with E-state index < -0.39 is 6.36 Å². The topological polar surface area (TPSA) is 76.6 Å². The van der Waals surface area contributed by atoms with Gasteiger partial charge in [0.15, 0.2) is 0 Å². The van der Waals surface area contributed by atoms with Crippen molar-refractivity contribution in [3.63, 3.8) is 0 Å². The molecule has 0 atom stereocenters. The largest absolute Gasteiger partial charge is 0.573 e. The quantitative estimate of drug-likeness (QED) is 0.573. The molecule has 1 aliphatic heterocycles. The molecule has 2 heterocycles. The number of aromatic nitrogens is 2. The number of rotatable bonds is 6. The first kappa shape index (κ1) is 23.6. The summed E-state index contributed by atoms with van der Waals surface area (Å²) in [5.74, 6) is 0.397. The summed E-state index contributed by atoms with van der Waals surface area (Å²) in [7, 11) is 0. The SMILES string of the molecule is Cc1cn(C2CCN(Cc3cccc(Oc4cccc(OC(F)(F)F)c4)c3)CC2)c(=O)[nH]c1=O. The lowest BCUT2D eigenvalue weighted by Gasteiger charge is -2.32. The normalized spacial score (nSPS) is 15.3. The molecular formula is C24H24F3N3O4. The highest BCUT2D eigenvalue weighted by molar-refractivity contribution is 5.38. The van der Waals surface area contributed by atoms with Gasteiger partial charge in [0.25, 0.3) is 5.56 Å². The molecule has 0 amide bonds. The van der Waals surface area contributed by atoms with Crippen molar-refractivity contribution in [2.75, 3.05) is 13.1 Å². The Balaban J connectivity index is 1.37. The van der Waals surface area contributed by atoms with Crippen LogP contribution in [-0.4, -0.2) is 33.9 Å². The monoisotopic (exact) mass is 475 g/mol. The van der Waals surface area contributed by atoms with E-state index in [2.05, 4.69) is 14.6 Å². The summed E-state index contributed by atoms with van der Waals surface area (Å²) in [4.78, 5) is 28.4. The van der Waals surface area contributed by atoms with Crippen molar-refractivity contribution >= 4 is 0 Å². The number of hydrogen-bond acceptors (Lipinski definition) is 5. The summed E-state index contributed by atoms with van der Waals surface area (Å²) in [6.45, 7) is 3.90. The van der Waals surface area contributed by atoms with E-state index in [1.54, 1.807) is 29.8 Å². The third-order valence-electron chi connectivity index (χ3n) is 5.68. The maximum Gasteiger partial charge on any atom is 0.573 e.